The highest BCUT2D eigenvalue weighted by Crippen LogP contribution is 2.36. The number of thiazole rings is 1. The number of benzene rings is 1. The van der Waals surface area contributed by atoms with Gasteiger partial charge in [0.05, 0.1) is 23.7 Å². The summed E-state index contributed by atoms with van der Waals surface area (Å²) in [7, 11) is 0. The van der Waals surface area contributed by atoms with Gasteiger partial charge >= 0.3 is 0 Å². The number of rotatable bonds is 3. The van der Waals surface area contributed by atoms with Crippen molar-refractivity contribution in [1.82, 2.24) is 14.7 Å². The summed E-state index contributed by atoms with van der Waals surface area (Å²) in [6, 6.07) is 6.82. The molecule has 4 aromatic rings. The maximum Gasteiger partial charge on any atom is 0.265 e. The highest BCUT2D eigenvalue weighted by molar-refractivity contribution is 7.73. The second kappa shape index (κ2) is 5.96. The van der Waals surface area contributed by atoms with Crippen LogP contribution in [0, 0.1) is 3.95 Å². The van der Waals surface area contributed by atoms with Gasteiger partial charge in [-0.15, -0.1) is 0 Å². The Bertz CT molecular complexity index is 1320. The lowest BCUT2D eigenvalue weighted by molar-refractivity contribution is 0.0953. The Kier molecular flexibility index (Phi) is 3.55. The van der Waals surface area contributed by atoms with Gasteiger partial charge in [-0.2, -0.15) is 0 Å². The molecular formula is C17H11N3O5S2. The summed E-state index contributed by atoms with van der Waals surface area (Å²) in [6.07, 6.45) is 1.53. The molecule has 0 radical (unpaired) electrons. The third kappa shape index (κ3) is 2.53. The molecule has 0 spiro atoms. The van der Waals surface area contributed by atoms with Crippen molar-refractivity contribution in [3.8, 4) is 11.5 Å². The summed E-state index contributed by atoms with van der Waals surface area (Å²) >= 11 is 6.57. The smallest absolute Gasteiger partial charge is 0.265 e. The van der Waals surface area contributed by atoms with E-state index >= 15 is 0 Å². The molecule has 1 amide bonds. The van der Waals surface area contributed by atoms with Crippen molar-refractivity contribution in [2.24, 2.45) is 0 Å². The van der Waals surface area contributed by atoms with E-state index in [1.54, 1.807) is 28.7 Å². The topological polar surface area (TPSA) is 98.0 Å². The van der Waals surface area contributed by atoms with Crippen molar-refractivity contribution in [2.75, 3.05) is 6.79 Å². The van der Waals surface area contributed by atoms with Crippen LogP contribution >= 0.6 is 23.6 Å². The highest BCUT2D eigenvalue weighted by Gasteiger charge is 2.21. The van der Waals surface area contributed by atoms with Gasteiger partial charge in [-0.25, -0.2) is 0 Å². The molecule has 0 saturated heterocycles. The van der Waals surface area contributed by atoms with Crippen molar-refractivity contribution < 1.29 is 18.7 Å². The van der Waals surface area contributed by atoms with Crippen LogP contribution in [0.5, 0.6) is 11.5 Å². The van der Waals surface area contributed by atoms with Crippen LogP contribution in [0.15, 0.2) is 39.7 Å². The second-order valence-corrected chi connectivity index (χ2v) is 7.46. The molecule has 136 valence electrons. The van der Waals surface area contributed by atoms with Crippen LogP contribution in [-0.2, 0) is 6.54 Å². The summed E-state index contributed by atoms with van der Waals surface area (Å²) in [5, 5.41) is 3.17. The van der Waals surface area contributed by atoms with E-state index in [0.717, 1.165) is 11.3 Å². The van der Waals surface area contributed by atoms with Crippen LogP contribution in [0.25, 0.3) is 16.6 Å². The van der Waals surface area contributed by atoms with Gasteiger partial charge in [-0.3, -0.25) is 14.0 Å². The average molecular weight is 401 g/mol. The lowest BCUT2D eigenvalue weighted by atomic mass is 10.2. The first kappa shape index (κ1) is 16.1. The zero-order valence-corrected chi connectivity index (χ0v) is 15.2. The van der Waals surface area contributed by atoms with Crippen LogP contribution in [0.1, 0.15) is 15.4 Å². The molecule has 10 heteroatoms. The number of nitrogens with one attached hydrogen (secondary N) is 2. The molecule has 2 N–H and O–H groups in total. The Morgan fingerprint density at radius 1 is 1.33 bits per heavy atom. The Morgan fingerprint density at radius 2 is 2.15 bits per heavy atom. The number of aromatic amines is 1. The largest absolute Gasteiger partial charge is 0.467 e. The van der Waals surface area contributed by atoms with E-state index in [1.807, 2.05) is 0 Å². The van der Waals surface area contributed by atoms with Gasteiger partial charge in [-0.05, 0) is 30.4 Å². The molecule has 0 unspecified atom stereocenters. The van der Waals surface area contributed by atoms with Crippen molar-refractivity contribution in [1.29, 1.82) is 0 Å². The van der Waals surface area contributed by atoms with Crippen LogP contribution in [0.4, 0.5) is 0 Å². The number of hydrogen-bond acceptors (Lipinski definition) is 7. The van der Waals surface area contributed by atoms with E-state index in [-0.39, 0.29) is 24.8 Å². The van der Waals surface area contributed by atoms with Gasteiger partial charge in [0, 0.05) is 6.07 Å². The van der Waals surface area contributed by atoms with E-state index in [0.29, 0.717) is 42.6 Å². The zero-order chi connectivity index (χ0) is 18.5. The van der Waals surface area contributed by atoms with E-state index in [1.165, 1.54) is 6.26 Å². The summed E-state index contributed by atoms with van der Waals surface area (Å²) < 4.78 is 18.1. The second-order valence-electron chi connectivity index (χ2n) is 5.82. The Labute approximate surface area is 160 Å². The van der Waals surface area contributed by atoms with Crippen molar-refractivity contribution >= 4 is 46.0 Å². The minimum Gasteiger partial charge on any atom is -0.467 e. The molecule has 1 aliphatic heterocycles. The molecule has 0 saturated carbocycles. The zero-order valence-electron chi connectivity index (χ0n) is 13.6. The number of aromatic nitrogens is 2. The average Bonchev–Trinajstić information content (AvgIpc) is 3.38. The molecule has 0 fully saturated rings. The highest BCUT2D eigenvalue weighted by atomic mass is 32.1. The third-order valence-corrected chi connectivity index (χ3v) is 5.60. The molecule has 8 nitrogen and oxygen atoms in total. The maximum atomic E-state index is 12.6. The molecular weight excluding hydrogens is 390 g/mol. The monoisotopic (exact) mass is 401 g/mol. The molecule has 0 bridgehead atoms. The predicted octanol–water partition coefficient (Wildman–Crippen LogP) is 2.82. The number of ether oxygens (including phenoxy) is 2. The fourth-order valence-electron chi connectivity index (χ4n) is 2.99. The first-order valence-corrected chi connectivity index (χ1v) is 9.16. The first-order valence-electron chi connectivity index (χ1n) is 7.93. The maximum absolute atomic E-state index is 12.6. The molecule has 1 aliphatic rings. The van der Waals surface area contributed by atoms with Crippen LogP contribution < -0.4 is 20.3 Å². The van der Waals surface area contributed by atoms with Gasteiger partial charge in [0.2, 0.25) is 6.79 Å². The van der Waals surface area contributed by atoms with E-state index in [9.17, 15) is 9.59 Å². The molecule has 5 rings (SSSR count). The normalized spacial score (nSPS) is 12.7. The summed E-state index contributed by atoms with van der Waals surface area (Å²) in [6.45, 7) is 0.335. The Morgan fingerprint density at radius 3 is 2.93 bits per heavy atom. The SMILES string of the molecule is O=C(NCc1ccco1)c1sc(=S)n2c1[nH]c(=O)c1cc3c(cc12)OCO3. The minimum absolute atomic E-state index is 0.0994. The standard InChI is InChI=1S/C17H11N3O5S2/c21-15-9-4-11-12(25-7-24-11)5-10(9)20-14(19-15)13(27-17(20)26)16(22)18-6-8-2-1-3-23-8/h1-5H,6-7H2,(H,18,22)(H,19,21). The van der Waals surface area contributed by atoms with Gasteiger partial charge in [0.1, 0.15) is 16.3 Å². The third-order valence-electron chi connectivity index (χ3n) is 4.23. The molecule has 3 aromatic heterocycles. The lowest BCUT2D eigenvalue weighted by Gasteiger charge is -2.05. The number of carbonyl (C=O) groups is 1. The number of nitrogens with zero attached hydrogens (tertiary/aromatic N) is 1. The number of furan rings is 1. The van der Waals surface area contributed by atoms with Crippen LogP contribution in [0.3, 0.4) is 0 Å². The van der Waals surface area contributed by atoms with Gasteiger partial charge in [0.15, 0.2) is 15.5 Å². The Hall–Kier alpha value is -3.11. The first-order chi connectivity index (χ1) is 13.1. The van der Waals surface area contributed by atoms with Crippen LogP contribution in [-0.4, -0.2) is 22.1 Å². The van der Waals surface area contributed by atoms with Gasteiger partial charge in [-0.1, -0.05) is 11.3 Å². The fourth-order valence-corrected chi connectivity index (χ4v) is 4.29. The van der Waals surface area contributed by atoms with E-state index in [4.69, 9.17) is 26.1 Å². The number of amides is 1. The van der Waals surface area contributed by atoms with Gasteiger partial charge < -0.3 is 24.2 Å². The van der Waals surface area contributed by atoms with Gasteiger partial charge in [0.25, 0.3) is 11.5 Å². The molecule has 0 atom stereocenters. The number of H-pyrrole nitrogens is 1. The predicted molar refractivity (Wildman–Crippen MR) is 100 cm³/mol. The molecule has 4 heterocycles. The molecule has 1 aromatic carbocycles. The van der Waals surface area contributed by atoms with Crippen molar-refractivity contribution in [2.45, 2.75) is 6.54 Å². The van der Waals surface area contributed by atoms with Crippen molar-refractivity contribution in [3.05, 3.63) is 55.5 Å². The minimum atomic E-state index is -0.347. The number of hydrogen-bond donors (Lipinski definition) is 2. The lowest BCUT2D eigenvalue weighted by Crippen LogP contribution is -2.22. The van der Waals surface area contributed by atoms with E-state index in [2.05, 4.69) is 10.3 Å². The molecule has 0 aliphatic carbocycles. The summed E-state index contributed by atoms with van der Waals surface area (Å²) in [4.78, 5) is 28.3. The number of carbonyl (C=O) groups excluding carboxylic acids is 1. The quantitative estimate of drug-likeness (QED) is 0.513. The van der Waals surface area contributed by atoms with Crippen LogP contribution in [0.2, 0.25) is 0 Å². The summed E-state index contributed by atoms with van der Waals surface area (Å²) in [5.41, 5.74) is 0.568. The number of fused-ring (bicyclic) bond motifs is 4. The summed E-state index contributed by atoms with van der Waals surface area (Å²) in [5.74, 6) is 1.32. The fraction of sp³-hybridized carbons (Fsp3) is 0.118. The molecule has 27 heavy (non-hydrogen) atoms. The van der Waals surface area contributed by atoms with Crippen molar-refractivity contribution in [3.63, 3.8) is 0 Å². The Balaban J connectivity index is 1.66. The van der Waals surface area contributed by atoms with E-state index < -0.39 is 0 Å².